The lowest BCUT2D eigenvalue weighted by atomic mass is 9.89. The molecule has 0 saturated heterocycles. The third-order valence-electron chi connectivity index (χ3n) is 4.20. The van der Waals surface area contributed by atoms with Crippen molar-refractivity contribution in [3.05, 3.63) is 41.6 Å². The standard InChI is InChI=1S/C18H19F3N4O3/c1-5-27-15(26)17(18(19,20)21)13-11(2)23-25(12-9-7-6-8-10-12)14(13)28-16(22-17)24(3)4/h6-10H,5H2,1-4H3/t17-/m1/s1. The summed E-state index contributed by atoms with van der Waals surface area (Å²) in [5, 5.41) is 4.20. The van der Waals surface area contributed by atoms with E-state index in [1.54, 1.807) is 30.3 Å². The van der Waals surface area contributed by atoms with Crippen molar-refractivity contribution in [1.82, 2.24) is 14.7 Å². The number of hydrogen-bond donors (Lipinski definition) is 0. The van der Waals surface area contributed by atoms with Gasteiger partial charge in [-0.25, -0.2) is 14.5 Å². The predicted molar refractivity (Wildman–Crippen MR) is 94.4 cm³/mol. The fourth-order valence-electron chi connectivity index (χ4n) is 2.97. The molecule has 0 aliphatic carbocycles. The van der Waals surface area contributed by atoms with Crippen molar-refractivity contribution in [3.8, 4) is 11.6 Å². The third-order valence-corrected chi connectivity index (χ3v) is 4.20. The molecule has 1 aromatic carbocycles. The molecule has 1 aliphatic rings. The number of aliphatic imine (C=N–C) groups is 1. The number of nitrogens with zero attached hydrogens (tertiary/aromatic N) is 4. The number of esters is 1. The fraction of sp³-hybridized carbons (Fsp3) is 0.389. The molecule has 1 atom stereocenters. The first-order valence-electron chi connectivity index (χ1n) is 8.48. The van der Waals surface area contributed by atoms with E-state index in [1.165, 1.54) is 37.5 Å². The highest BCUT2D eigenvalue weighted by Gasteiger charge is 2.68. The van der Waals surface area contributed by atoms with Crippen molar-refractivity contribution in [2.24, 2.45) is 4.99 Å². The van der Waals surface area contributed by atoms with Crippen molar-refractivity contribution in [3.63, 3.8) is 0 Å². The van der Waals surface area contributed by atoms with Gasteiger partial charge in [0.1, 0.15) is 0 Å². The Balaban J connectivity index is 2.37. The smallest absolute Gasteiger partial charge is 0.429 e. The van der Waals surface area contributed by atoms with E-state index in [9.17, 15) is 18.0 Å². The minimum atomic E-state index is -5.08. The molecule has 0 bridgehead atoms. The number of carbonyl (C=O) groups excluding carboxylic acids is 1. The Morgan fingerprint density at radius 1 is 1.29 bits per heavy atom. The Kier molecular flexibility index (Phi) is 4.82. The molecule has 0 radical (unpaired) electrons. The summed E-state index contributed by atoms with van der Waals surface area (Å²) in [6.45, 7) is 2.57. The summed E-state index contributed by atoms with van der Waals surface area (Å²) in [6.07, 6.45) is -5.08. The monoisotopic (exact) mass is 396 g/mol. The van der Waals surface area contributed by atoms with Crippen LogP contribution < -0.4 is 4.74 Å². The first-order valence-corrected chi connectivity index (χ1v) is 8.48. The van der Waals surface area contributed by atoms with Crippen LogP contribution in [0.3, 0.4) is 0 Å². The van der Waals surface area contributed by atoms with Gasteiger partial charge in [0.25, 0.3) is 11.6 Å². The maximum absolute atomic E-state index is 14.4. The van der Waals surface area contributed by atoms with Gasteiger partial charge in [-0.15, -0.1) is 0 Å². The van der Waals surface area contributed by atoms with Gasteiger partial charge in [0, 0.05) is 14.1 Å². The molecule has 1 aromatic heterocycles. The van der Waals surface area contributed by atoms with Gasteiger partial charge in [-0.2, -0.15) is 18.3 Å². The van der Waals surface area contributed by atoms with Gasteiger partial charge in [0.2, 0.25) is 5.88 Å². The molecule has 0 N–H and O–H groups in total. The Labute approximate surface area is 159 Å². The van der Waals surface area contributed by atoms with Crippen molar-refractivity contribution in [2.75, 3.05) is 20.7 Å². The summed E-state index contributed by atoms with van der Waals surface area (Å²) < 4.78 is 54.7. The number of amidine groups is 1. The van der Waals surface area contributed by atoms with Crippen LogP contribution in [0.1, 0.15) is 18.2 Å². The normalized spacial score (nSPS) is 18.8. The van der Waals surface area contributed by atoms with E-state index in [1.807, 2.05) is 0 Å². The van der Waals surface area contributed by atoms with Gasteiger partial charge >= 0.3 is 12.1 Å². The van der Waals surface area contributed by atoms with E-state index < -0.39 is 23.2 Å². The molecule has 1 aliphatic heterocycles. The number of ether oxygens (including phenoxy) is 2. The lowest BCUT2D eigenvalue weighted by Crippen LogP contribution is -2.53. The number of para-hydroxylation sites is 1. The molecule has 2 heterocycles. The number of fused-ring (bicyclic) bond motifs is 1. The van der Waals surface area contributed by atoms with Gasteiger partial charge < -0.3 is 14.4 Å². The highest BCUT2D eigenvalue weighted by Crippen LogP contribution is 2.50. The van der Waals surface area contributed by atoms with Gasteiger partial charge in [-0.05, 0) is 26.0 Å². The largest absolute Gasteiger partial charge is 0.464 e. The van der Waals surface area contributed by atoms with Crippen LogP contribution in [0.4, 0.5) is 13.2 Å². The van der Waals surface area contributed by atoms with Gasteiger partial charge in [-0.1, -0.05) is 18.2 Å². The van der Waals surface area contributed by atoms with Crippen molar-refractivity contribution in [1.29, 1.82) is 0 Å². The van der Waals surface area contributed by atoms with Gasteiger partial charge in [-0.3, -0.25) is 0 Å². The van der Waals surface area contributed by atoms with E-state index in [2.05, 4.69) is 10.1 Å². The SMILES string of the molecule is CCOC(=O)[C@]1(C(F)(F)F)N=C(N(C)C)Oc2c1c(C)nn2-c1ccccc1. The molecule has 3 rings (SSSR count). The van der Waals surface area contributed by atoms with E-state index >= 15 is 0 Å². The molecule has 7 nitrogen and oxygen atoms in total. The summed E-state index contributed by atoms with van der Waals surface area (Å²) in [6, 6.07) is 8.14. The zero-order chi connectivity index (χ0) is 20.7. The molecule has 2 aromatic rings. The second-order valence-corrected chi connectivity index (χ2v) is 6.33. The van der Waals surface area contributed by atoms with Crippen LogP contribution in [-0.4, -0.2) is 53.5 Å². The van der Waals surface area contributed by atoms with Crippen LogP contribution in [0.2, 0.25) is 0 Å². The van der Waals surface area contributed by atoms with Crippen LogP contribution in [-0.2, 0) is 15.1 Å². The number of aryl methyl sites for hydroxylation is 1. The lowest BCUT2D eigenvalue weighted by molar-refractivity contribution is -0.209. The van der Waals surface area contributed by atoms with Gasteiger partial charge in [0.15, 0.2) is 0 Å². The summed E-state index contributed by atoms with van der Waals surface area (Å²) in [5.41, 5.74) is -3.31. The Morgan fingerprint density at radius 3 is 2.46 bits per heavy atom. The van der Waals surface area contributed by atoms with Crippen LogP contribution in [0.25, 0.3) is 5.69 Å². The van der Waals surface area contributed by atoms with Crippen molar-refractivity contribution >= 4 is 12.0 Å². The predicted octanol–water partition coefficient (Wildman–Crippen LogP) is 2.81. The maximum Gasteiger partial charge on any atom is 0.429 e. The highest BCUT2D eigenvalue weighted by molar-refractivity contribution is 5.92. The molecule has 0 unspecified atom stereocenters. The van der Waals surface area contributed by atoms with E-state index in [0.717, 1.165) is 0 Å². The molecule has 0 fully saturated rings. The summed E-state index contributed by atoms with van der Waals surface area (Å²) in [4.78, 5) is 17.6. The molecular weight excluding hydrogens is 377 g/mol. The first kappa shape index (κ1) is 19.7. The molecule has 150 valence electrons. The molecule has 10 heteroatoms. The van der Waals surface area contributed by atoms with Crippen LogP contribution in [0.15, 0.2) is 35.3 Å². The minimum absolute atomic E-state index is 0.0363. The summed E-state index contributed by atoms with van der Waals surface area (Å²) >= 11 is 0. The Morgan fingerprint density at radius 2 is 1.93 bits per heavy atom. The number of carbonyl (C=O) groups is 1. The zero-order valence-corrected chi connectivity index (χ0v) is 15.7. The average Bonchev–Trinajstić information content (AvgIpc) is 2.98. The number of aromatic nitrogens is 2. The van der Waals surface area contributed by atoms with E-state index in [-0.39, 0.29) is 24.2 Å². The second kappa shape index (κ2) is 6.84. The number of hydrogen-bond acceptors (Lipinski definition) is 6. The number of rotatable bonds is 3. The molecule has 28 heavy (non-hydrogen) atoms. The zero-order valence-electron chi connectivity index (χ0n) is 15.7. The van der Waals surface area contributed by atoms with Crippen LogP contribution in [0.5, 0.6) is 5.88 Å². The maximum atomic E-state index is 14.4. The highest BCUT2D eigenvalue weighted by atomic mass is 19.4. The Hall–Kier alpha value is -3.04. The average molecular weight is 396 g/mol. The molecular formula is C18H19F3N4O3. The topological polar surface area (TPSA) is 68.9 Å². The van der Waals surface area contributed by atoms with Crippen molar-refractivity contribution < 1.29 is 27.4 Å². The molecule has 0 spiro atoms. The van der Waals surface area contributed by atoms with E-state index in [0.29, 0.717) is 5.69 Å². The lowest BCUT2D eigenvalue weighted by Gasteiger charge is -2.34. The third kappa shape index (κ3) is 2.88. The van der Waals surface area contributed by atoms with Crippen LogP contribution in [0, 0.1) is 6.92 Å². The molecule has 0 amide bonds. The van der Waals surface area contributed by atoms with E-state index in [4.69, 9.17) is 9.47 Å². The molecule has 0 saturated carbocycles. The first-order chi connectivity index (χ1) is 13.1. The minimum Gasteiger partial charge on any atom is -0.464 e. The van der Waals surface area contributed by atoms with Crippen molar-refractivity contribution in [2.45, 2.75) is 25.6 Å². The fourth-order valence-corrected chi connectivity index (χ4v) is 2.97. The van der Waals surface area contributed by atoms with Gasteiger partial charge in [0.05, 0.1) is 23.6 Å². The number of benzene rings is 1. The van der Waals surface area contributed by atoms with Crippen LogP contribution >= 0.6 is 0 Å². The second-order valence-electron chi connectivity index (χ2n) is 6.33. The summed E-state index contributed by atoms with van der Waals surface area (Å²) in [5.74, 6) is -1.75. The summed E-state index contributed by atoms with van der Waals surface area (Å²) in [7, 11) is 2.93. The number of alkyl halides is 3. The number of halogens is 3. The quantitative estimate of drug-likeness (QED) is 0.747. The Bertz CT molecular complexity index is 922.